The summed E-state index contributed by atoms with van der Waals surface area (Å²) in [5, 5.41) is 12.8. The summed E-state index contributed by atoms with van der Waals surface area (Å²) in [6, 6.07) is 7.87. The van der Waals surface area contributed by atoms with Gasteiger partial charge in [0.1, 0.15) is 0 Å². The van der Waals surface area contributed by atoms with E-state index in [2.05, 4.69) is 5.10 Å². The van der Waals surface area contributed by atoms with Crippen molar-refractivity contribution in [2.45, 2.75) is 12.6 Å². The summed E-state index contributed by atoms with van der Waals surface area (Å²) < 4.78 is 39.4. The molecule has 19 heavy (non-hydrogen) atoms. The van der Waals surface area contributed by atoms with Crippen LogP contribution in [0.1, 0.15) is 11.3 Å². The summed E-state index contributed by atoms with van der Waals surface area (Å²) in [7, 11) is 0. The Balaban J connectivity index is 2.49. The smallest absolute Gasteiger partial charge is 0.240 e. The van der Waals surface area contributed by atoms with Crippen LogP contribution in [0.5, 0.6) is 0 Å². The number of halogens is 4. The molecular formula is C12H7ClF3N3. The molecule has 2 aromatic rings. The second-order valence-corrected chi connectivity index (χ2v) is 4.18. The van der Waals surface area contributed by atoms with E-state index in [0.717, 1.165) is 10.9 Å². The molecule has 0 spiro atoms. The van der Waals surface area contributed by atoms with Gasteiger partial charge in [0.25, 0.3) is 0 Å². The van der Waals surface area contributed by atoms with Crippen LogP contribution < -0.4 is 0 Å². The Bertz CT molecular complexity index is 623. The van der Waals surface area contributed by atoms with Gasteiger partial charge in [-0.2, -0.15) is 23.5 Å². The molecule has 0 unspecified atom stereocenters. The van der Waals surface area contributed by atoms with Crippen molar-refractivity contribution in [1.29, 1.82) is 5.26 Å². The third-order valence-corrected chi connectivity index (χ3v) is 2.69. The molecule has 0 saturated carbocycles. The van der Waals surface area contributed by atoms with E-state index in [9.17, 15) is 13.2 Å². The lowest BCUT2D eigenvalue weighted by molar-refractivity contribution is -0.138. The zero-order valence-electron chi connectivity index (χ0n) is 9.45. The maximum atomic E-state index is 12.8. The van der Waals surface area contributed by atoms with Gasteiger partial charge in [0.05, 0.1) is 29.4 Å². The molecule has 0 radical (unpaired) electrons. The van der Waals surface area contributed by atoms with Gasteiger partial charge in [-0.05, 0) is 24.3 Å². The third-order valence-electron chi connectivity index (χ3n) is 2.43. The molecule has 1 aromatic carbocycles. The Labute approximate surface area is 111 Å². The van der Waals surface area contributed by atoms with Crippen LogP contribution >= 0.6 is 11.6 Å². The van der Waals surface area contributed by atoms with Gasteiger partial charge >= 0.3 is 6.18 Å². The molecule has 0 aliphatic carbocycles. The molecule has 1 aromatic heterocycles. The summed E-state index contributed by atoms with van der Waals surface area (Å²) in [5.74, 6) is 0. The molecule has 0 N–H and O–H groups in total. The van der Waals surface area contributed by atoms with Gasteiger partial charge in [-0.15, -0.1) is 0 Å². The van der Waals surface area contributed by atoms with Gasteiger partial charge in [0.2, 0.25) is 0 Å². The Kier molecular flexibility index (Phi) is 3.49. The standard InChI is InChI=1S/C12H7ClF3N3/c13-8-1-3-9(4-2-8)19-7-10(12(14,15)16)11(18-19)5-6-17/h1-4,7H,5H2. The van der Waals surface area contributed by atoms with Crippen molar-refractivity contribution < 1.29 is 13.2 Å². The summed E-state index contributed by atoms with van der Waals surface area (Å²) in [5.41, 5.74) is -0.743. The van der Waals surface area contributed by atoms with Crippen LogP contribution in [0.2, 0.25) is 5.02 Å². The molecule has 98 valence electrons. The molecule has 0 saturated heterocycles. The van der Waals surface area contributed by atoms with Crippen molar-refractivity contribution in [3.05, 3.63) is 46.7 Å². The van der Waals surface area contributed by atoms with Gasteiger partial charge in [-0.3, -0.25) is 0 Å². The van der Waals surface area contributed by atoms with E-state index in [1.54, 1.807) is 30.3 Å². The van der Waals surface area contributed by atoms with Crippen molar-refractivity contribution in [2.24, 2.45) is 0 Å². The lowest BCUT2D eigenvalue weighted by atomic mass is 10.2. The first-order valence-corrected chi connectivity index (χ1v) is 5.58. The summed E-state index contributed by atoms with van der Waals surface area (Å²) >= 11 is 5.71. The van der Waals surface area contributed by atoms with Crippen molar-refractivity contribution in [1.82, 2.24) is 9.78 Å². The predicted octanol–water partition coefficient (Wildman–Crippen LogP) is 3.61. The molecule has 0 aliphatic rings. The average Bonchev–Trinajstić information content (AvgIpc) is 2.74. The van der Waals surface area contributed by atoms with Gasteiger partial charge in [-0.1, -0.05) is 11.6 Å². The predicted molar refractivity (Wildman–Crippen MR) is 62.9 cm³/mol. The van der Waals surface area contributed by atoms with Crippen molar-refractivity contribution in [3.63, 3.8) is 0 Å². The minimum atomic E-state index is -4.53. The van der Waals surface area contributed by atoms with E-state index in [1.807, 2.05) is 0 Å². The highest BCUT2D eigenvalue weighted by atomic mass is 35.5. The summed E-state index contributed by atoms with van der Waals surface area (Å²) in [6.07, 6.45) is -4.05. The zero-order valence-corrected chi connectivity index (χ0v) is 10.2. The highest BCUT2D eigenvalue weighted by Crippen LogP contribution is 2.32. The van der Waals surface area contributed by atoms with Crippen LogP contribution in [-0.2, 0) is 12.6 Å². The quantitative estimate of drug-likeness (QED) is 0.846. The van der Waals surface area contributed by atoms with Crippen LogP contribution in [0.4, 0.5) is 13.2 Å². The molecular weight excluding hydrogens is 279 g/mol. The number of benzene rings is 1. The first-order valence-electron chi connectivity index (χ1n) is 5.20. The maximum absolute atomic E-state index is 12.8. The Morgan fingerprint density at radius 3 is 2.42 bits per heavy atom. The normalized spacial score (nSPS) is 11.3. The van der Waals surface area contributed by atoms with Crippen LogP contribution in [0.3, 0.4) is 0 Å². The van der Waals surface area contributed by atoms with E-state index in [0.29, 0.717) is 10.7 Å². The minimum absolute atomic E-state index is 0.287. The largest absolute Gasteiger partial charge is 0.419 e. The van der Waals surface area contributed by atoms with Crippen LogP contribution in [0, 0.1) is 11.3 Å². The number of rotatable bonds is 2. The number of hydrogen-bond donors (Lipinski definition) is 0. The topological polar surface area (TPSA) is 41.6 Å². The van der Waals surface area contributed by atoms with Crippen LogP contribution in [0.25, 0.3) is 5.69 Å². The number of nitriles is 1. The molecule has 0 aliphatic heterocycles. The van der Waals surface area contributed by atoms with Crippen molar-refractivity contribution in [2.75, 3.05) is 0 Å². The van der Waals surface area contributed by atoms with E-state index in [-0.39, 0.29) is 5.69 Å². The highest BCUT2D eigenvalue weighted by Gasteiger charge is 2.36. The molecule has 0 fully saturated rings. The van der Waals surface area contributed by atoms with Crippen LogP contribution in [-0.4, -0.2) is 9.78 Å². The van der Waals surface area contributed by atoms with E-state index >= 15 is 0 Å². The SMILES string of the molecule is N#CCc1nn(-c2ccc(Cl)cc2)cc1C(F)(F)F. The number of alkyl halides is 3. The van der Waals surface area contributed by atoms with Crippen LogP contribution in [0.15, 0.2) is 30.5 Å². The van der Waals surface area contributed by atoms with Gasteiger partial charge in [0, 0.05) is 11.2 Å². The lowest BCUT2D eigenvalue weighted by Gasteiger charge is -2.03. The highest BCUT2D eigenvalue weighted by molar-refractivity contribution is 6.30. The second-order valence-electron chi connectivity index (χ2n) is 3.74. The summed E-state index contributed by atoms with van der Waals surface area (Å²) in [4.78, 5) is 0. The first-order chi connectivity index (χ1) is 8.91. The average molecular weight is 286 g/mol. The van der Waals surface area contributed by atoms with E-state index in [4.69, 9.17) is 16.9 Å². The lowest BCUT2D eigenvalue weighted by Crippen LogP contribution is -2.06. The third kappa shape index (κ3) is 2.88. The fourth-order valence-corrected chi connectivity index (χ4v) is 1.70. The summed E-state index contributed by atoms with van der Waals surface area (Å²) in [6.45, 7) is 0. The van der Waals surface area contributed by atoms with Gasteiger partial charge < -0.3 is 0 Å². The monoisotopic (exact) mass is 285 g/mol. The Morgan fingerprint density at radius 1 is 1.26 bits per heavy atom. The Morgan fingerprint density at radius 2 is 1.89 bits per heavy atom. The number of hydrogen-bond acceptors (Lipinski definition) is 2. The van der Waals surface area contributed by atoms with E-state index in [1.165, 1.54) is 0 Å². The first kappa shape index (κ1) is 13.4. The molecule has 0 atom stereocenters. The van der Waals surface area contributed by atoms with Gasteiger partial charge in [-0.25, -0.2) is 4.68 Å². The molecule has 0 amide bonds. The fraction of sp³-hybridized carbons (Fsp3) is 0.167. The fourth-order valence-electron chi connectivity index (χ4n) is 1.58. The minimum Gasteiger partial charge on any atom is -0.240 e. The molecule has 2 rings (SSSR count). The Hall–Kier alpha value is -2.00. The molecule has 1 heterocycles. The second kappa shape index (κ2) is 4.94. The number of aromatic nitrogens is 2. The van der Waals surface area contributed by atoms with Crippen molar-refractivity contribution in [3.8, 4) is 11.8 Å². The number of nitrogens with zero attached hydrogens (tertiary/aromatic N) is 3. The zero-order chi connectivity index (χ0) is 14.0. The molecule has 3 nitrogen and oxygen atoms in total. The molecule has 0 bridgehead atoms. The maximum Gasteiger partial charge on any atom is 0.419 e. The molecule has 7 heteroatoms. The van der Waals surface area contributed by atoms with Gasteiger partial charge in [0.15, 0.2) is 0 Å². The van der Waals surface area contributed by atoms with E-state index < -0.39 is 18.2 Å². The van der Waals surface area contributed by atoms with Crippen molar-refractivity contribution >= 4 is 11.6 Å².